The number of rotatable bonds is 1. The first-order valence-electron chi connectivity index (χ1n) is 11.6. The van der Waals surface area contributed by atoms with Crippen LogP contribution >= 0.6 is 11.8 Å². The Morgan fingerprint density at radius 2 is 1.16 bits per heavy atom. The van der Waals surface area contributed by atoms with E-state index in [1.54, 1.807) is 11.8 Å². The van der Waals surface area contributed by atoms with Gasteiger partial charge in [-0.2, -0.15) is 11.8 Å². The van der Waals surface area contributed by atoms with Crippen molar-refractivity contribution in [1.82, 2.24) is 4.98 Å². The first-order chi connectivity index (χ1) is 15.7. The summed E-state index contributed by atoms with van der Waals surface area (Å²) in [6.45, 7) is 12.0. The zero-order valence-corrected chi connectivity index (χ0v) is 21.7. The van der Waals surface area contributed by atoms with Gasteiger partial charge in [0.2, 0.25) is 0 Å². The van der Waals surface area contributed by atoms with Gasteiger partial charge in [0.05, 0.1) is 6.61 Å². The van der Waals surface area contributed by atoms with Crippen LogP contribution in [0.4, 0.5) is 0 Å². The van der Waals surface area contributed by atoms with Gasteiger partial charge < -0.3 is 10.1 Å². The largest absolute Gasteiger partial charge is 0.390 e. The monoisotopic (exact) mass is 449 g/mol. The van der Waals surface area contributed by atoms with Crippen LogP contribution in [0.3, 0.4) is 0 Å². The SMILES string of the molecule is CC.CC.CC.CSC.OCc1cc2c(ccc3c4cc5ccccc5cc4ccc23)[nH]1. The maximum atomic E-state index is 9.37. The molecule has 0 radical (unpaired) electrons. The molecule has 3 heteroatoms. The lowest BCUT2D eigenvalue weighted by molar-refractivity contribution is 0.278. The number of aliphatic hydroxyl groups excluding tert-OH is 1. The van der Waals surface area contributed by atoms with Crippen LogP contribution in [0.25, 0.3) is 43.2 Å². The summed E-state index contributed by atoms with van der Waals surface area (Å²) in [5.74, 6) is 0. The van der Waals surface area contributed by atoms with E-state index >= 15 is 0 Å². The number of nitrogens with one attached hydrogen (secondary N) is 1. The number of aliphatic hydroxyl groups is 1. The lowest BCUT2D eigenvalue weighted by Gasteiger charge is -2.07. The van der Waals surface area contributed by atoms with E-state index in [9.17, 15) is 5.11 Å². The third-order valence-corrected chi connectivity index (χ3v) is 4.71. The summed E-state index contributed by atoms with van der Waals surface area (Å²) >= 11 is 1.75. The van der Waals surface area contributed by atoms with Crippen molar-refractivity contribution in [3.63, 3.8) is 0 Å². The van der Waals surface area contributed by atoms with E-state index in [1.165, 1.54) is 37.7 Å². The van der Waals surface area contributed by atoms with Gasteiger partial charge in [0, 0.05) is 16.6 Å². The Balaban J connectivity index is 0.000000507. The summed E-state index contributed by atoms with van der Waals surface area (Å²) in [6, 6.07) is 23.7. The van der Waals surface area contributed by atoms with E-state index in [0.29, 0.717) is 0 Å². The van der Waals surface area contributed by atoms with Gasteiger partial charge in [-0.25, -0.2) is 0 Å². The Hall–Kier alpha value is -2.49. The lowest BCUT2D eigenvalue weighted by Crippen LogP contribution is -1.80. The summed E-state index contributed by atoms with van der Waals surface area (Å²) < 4.78 is 0. The number of thioether (sulfide) groups is 1. The van der Waals surface area contributed by atoms with Crippen LogP contribution < -0.4 is 0 Å². The number of benzene rings is 4. The molecule has 0 saturated carbocycles. The fourth-order valence-corrected chi connectivity index (χ4v) is 3.59. The molecule has 0 unspecified atom stereocenters. The first kappa shape index (κ1) is 27.5. The molecule has 0 aliphatic carbocycles. The van der Waals surface area contributed by atoms with Crippen LogP contribution in [-0.4, -0.2) is 22.6 Å². The van der Waals surface area contributed by atoms with Gasteiger partial charge in [0.1, 0.15) is 0 Å². The van der Waals surface area contributed by atoms with E-state index in [0.717, 1.165) is 11.2 Å². The van der Waals surface area contributed by atoms with Crippen molar-refractivity contribution in [3.05, 3.63) is 72.4 Å². The van der Waals surface area contributed by atoms with Gasteiger partial charge in [0.25, 0.3) is 0 Å². The highest BCUT2D eigenvalue weighted by Crippen LogP contribution is 2.33. The second kappa shape index (κ2) is 14.5. The number of fused-ring (bicyclic) bond motifs is 6. The van der Waals surface area contributed by atoms with E-state index in [1.807, 2.05) is 60.1 Å². The average Bonchev–Trinajstić information content (AvgIpc) is 3.31. The Labute approximate surface area is 198 Å². The molecule has 0 saturated heterocycles. The quantitative estimate of drug-likeness (QED) is 0.198. The molecule has 172 valence electrons. The molecule has 0 fully saturated rings. The molecular formula is C29H39NOS. The Kier molecular flexibility index (Phi) is 12.5. The predicted molar refractivity (Wildman–Crippen MR) is 150 cm³/mol. The summed E-state index contributed by atoms with van der Waals surface area (Å²) in [5.41, 5.74) is 1.92. The summed E-state index contributed by atoms with van der Waals surface area (Å²) in [4.78, 5) is 3.27. The molecule has 32 heavy (non-hydrogen) atoms. The molecule has 0 bridgehead atoms. The van der Waals surface area contributed by atoms with Crippen molar-refractivity contribution >= 4 is 55.0 Å². The van der Waals surface area contributed by atoms with E-state index in [4.69, 9.17) is 0 Å². The van der Waals surface area contributed by atoms with Crippen molar-refractivity contribution in [2.45, 2.75) is 48.1 Å². The molecule has 0 aliphatic rings. The highest BCUT2D eigenvalue weighted by molar-refractivity contribution is 7.97. The minimum Gasteiger partial charge on any atom is -0.390 e. The number of aromatic amines is 1. The van der Waals surface area contributed by atoms with Crippen molar-refractivity contribution in [3.8, 4) is 0 Å². The van der Waals surface area contributed by atoms with Crippen LogP contribution in [0.15, 0.2) is 66.7 Å². The van der Waals surface area contributed by atoms with E-state index < -0.39 is 0 Å². The zero-order valence-electron chi connectivity index (χ0n) is 20.9. The van der Waals surface area contributed by atoms with Crippen molar-refractivity contribution in [2.24, 2.45) is 0 Å². The maximum Gasteiger partial charge on any atom is 0.0831 e. The van der Waals surface area contributed by atoms with Gasteiger partial charge in [0.15, 0.2) is 0 Å². The standard InChI is InChI=1S/C21H15NO.C2H6S.3C2H6/c23-12-16-11-20-18-6-5-15-9-13-3-1-2-4-14(13)10-19(15)17(18)7-8-21(20)22-16;1-3-2;3*1-2/h1-11,22-23H,12H2;1-2H3;3*1-2H3. The Bertz CT molecular complexity index is 1220. The number of hydrogen-bond donors (Lipinski definition) is 2. The second-order valence-corrected chi connectivity index (χ2v) is 7.29. The Morgan fingerprint density at radius 1 is 0.625 bits per heavy atom. The zero-order chi connectivity index (χ0) is 24.1. The lowest BCUT2D eigenvalue weighted by atomic mass is 9.97. The molecule has 2 nitrogen and oxygen atoms in total. The highest BCUT2D eigenvalue weighted by Gasteiger charge is 2.08. The van der Waals surface area contributed by atoms with Gasteiger partial charge in [-0.15, -0.1) is 0 Å². The van der Waals surface area contributed by atoms with Crippen LogP contribution in [0.2, 0.25) is 0 Å². The fraction of sp³-hybridized carbons (Fsp3) is 0.310. The average molecular weight is 450 g/mol. The molecule has 1 aromatic heterocycles. The van der Waals surface area contributed by atoms with Crippen LogP contribution in [0.5, 0.6) is 0 Å². The predicted octanol–water partition coefficient (Wildman–Crippen LogP) is 9.18. The summed E-state index contributed by atoms with van der Waals surface area (Å²) in [7, 11) is 0. The van der Waals surface area contributed by atoms with Crippen molar-refractivity contribution in [1.29, 1.82) is 0 Å². The second-order valence-electron chi connectivity index (χ2n) is 6.47. The van der Waals surface area contributed by atoms with Crippen LogP contribution in [0, 0.1) is 0 Å². The van der Waals surface area contributed by atoms with Crippen LogP contribution in [0.1, 0.15) is 47.2 Å². The molecular weight excluding hydrogens is 410 g/mol. The number of aromatic nitrogens is 1. The minimum absolute atomic E-state index is 0.0361. The van der Waals surface area contributed by atoms with E-state index in [-0.39, 0.29) is 6.61 Å². The smallest absolute Gasteiger partial charge is 0.0831 e. The third-order valence-electron chi connectivity index (χ3n) is 4.71. The molecule has 4 aromatic carbocycles. The molecule has 5 aromatic rings. The van der Waals surface area contributed by atoms with Crippen molar-refractivity contribution < 1.29 is 5.11 Å². The molecule has 0 aliphatic heterocycles. The molecule has 0 spiro atoms. The minimum atomic E-state index is 0.0361. The number of H-pyrrole nitrogens is 1. The third kappa shape index (κ3) is 6.05. The van der Waals surface area contributed by atoms with E-state index in [2.05, 4.69) is 65.6 Å². The van der Waals surface area contributed by atoms with Gasteiger partial charge >= 0.3 is 0 Å². The van der Waals surface area contributed by atoms with Gasteiger partial charge in [-0.3, -0.25) is 0 Å². The molecule has 5 rings (SSSR count). The fourth-order valence-electron chi connectivity index (χ4n) is 3.59. The normalized spacial score (nSPS) is 9.66. The summed E-state index contributed by atoms with van der Waals surface area (Å²) in [6.07, 6.45) is 4.08. The van der Waals surface area contributed by atoms with Crippen molar-refractivity contribution in [2.75, 3.05) is 12.5 Å². The summed E-state index contributed by atoms with van der Waals surface area (Å²) in [5, 5.41) is 18.1. The molecule has 0 atom stereocenters. The number of hydrogen-bond acceptors (Lipinski definition) is 2. The molecule has 1 heterocycles. The molecule has 0 amide bonds. The first-order valence-corrected chi connectivity index (χ1v) is 13.3. The Morgan fingerprint density at radius 3 is 1.75 bits per heavy atom. The highest BCUT2D eigenvalue weighted by atomic mass is 32.2. The topological polar surface area (TPSA) is 36.0 Å². The van der Waals surface area contributed by atoms with Gasteiger partial charge in [-0.1, -0.05) is 84.0 Å². The maximum absolute atomic E-state index is 9.37. The van der Waals surface area contributed by atoms with Crippen LogP contribution in [-0.2, 0) is 6.61 Å². The van der Waals surface area contributed by atoms with Gasteiger partial charge in [-0.05, 0) is 69.1 Å². The molecule has 2 N–H and O–H groups in total.